The Labute approximate surface area is 133 Å². The first kappa shape index (κ1) is 17.0. The monoisotopic (exact) mass is 303 g/mol. The summed E-state index contributed by atoms with van der Waals surface area (Å²) in [5.74, 6) is -0.351. The van der Waals surface area contributed by atoms with Gasteiger partial charge in [0.05, 0.1) is 16.6 Å². The zero-order valence-electron chi connectivity index (χ0n) is 14.6. The van der Waals surface area contributed by atoms with E-state index in [1.54, 1.807) is 0 Å². The normalized spacial score (nSPS) is 20.2. The second-order valence-corrected chi connectivity index (χ2v) is 7.65. The van der Waals surface area contributed by atoms with Gasteiger partial charge in [-0.15, -0.1) is 0 Å². The lowest BCUT2D eigenvalue weighted by molar-refractivity contribution is -0.122. The van der Waals surface area contributed by atoms with Crippen LogP contribution in [0, 0.1) is 6.92 Å². The third-order valence-electron chi connectivity index (χ3n) is 5.12. The first-order valence-corrected chi connectivity index (χ1v) is 7.65. The Bertz CT molecular complexity index is 592. The van der Waals surface area contributed by atoms with E-state index in [4.69, 9.17) is 15.0 Å². The third kappa shape index (κ3) is 2.68. The second-order valence-electron chi connectivity index (χ2n) is 7.65. The molecular weight excluding hydrogens is 277 g/mol. The molecule has 0 radical (unpaired) electrons. The molecule has 2 N–H and O–H groups in total. The van der Waals surface area contributed by atoms with Crippen LogP contribution in [0.25, 0.3) is 0 Å². The first-order valence-electron chi connectivity index (χ1n) is 7.65. The van der Waals surface area contributed by atoms with Gasteiger partial charge in [-0.1, -0.05) is 23.8 Å². The molecule has 120 valence electrons. The van der Waals surface area contributed by atoms with Gasteiger partial charge in [0.15, 0.2) is 0 Å². The van der Waals surface area contributed by atoms with Gasteiger partial charge < -0.3 is 15.0 Å². The van der Waals surface area contributed by atoms with Crippen LogP contribution in [0.5, 0.6) is 0 Å². The molecule has 1 heterocycles. The molecule has 0 aromatic heterocycles. The standard InChI is InChI=1S/C17H26BNO3/c1-11-8-9-12(15(2,3)14(19)20)10-13(11)18-21-16(4,5)17(6,7)22-18/h8-10H,1-7H3,(H2,19,20). The molecule has 1 aromatic rings. The van der Waals surface area contributed by atoms with Crippen molar-refractivity contribution in [1.29, 1.82) is 0 Å². The van der Waals surface area contributed by atoms with Crippen LogP contribution in [0.15, 0.2) is 18.2 Å². The number of rotatable bonds is 3. The van der Waals surface area contributed by atoms with E-state index in [0.717, 1.165) is 16.6 Å². The number of nitrogens with two attached hydrogens (primary N) is 1. The molecule has 2 rings (SSSR count). The van der Waals surface area contributed by atoms with Crippen LogP contribution in [-0.4, -0.2) is 24.2 Å². The smallest absolute Gasteiger partial charge is 0.399 e. The van der Waals surface area contributed by atoms with Crippen molar-refractivity contribution in [2.24, 2.45) is 5.73 Å². The molecule has 0 spiro atoms. The Morgan fingerprint density at radius 1 is 1.14 bits per heavy atom. The lowest BCUT2D eigenvalue weighted by atomic mass is 9.72. The Hall–Kier alpha value is -1.33. The summed E-state index contributed by atoms with van der Waals surface area (Å²) < 4.78 is 12.2. The van der Waals surface area contributed by atoms with Gasteiger partial charge in [0.2, 0.25) is 5.91 Å². The van der Waals surface area contributed by atoms with Crippen LogP contribution in [0.2, 0.25) is 0 Å². The van der Waals surface area contributed by atoms with Gasteiger partial charge in [-0.3, -0.25) is 4.79 Å². The van der Waals surface area contributed by atoms with Gasteiger partial charge in [0.1, 0.15) is 0 Å². The first-order chi connectivity index (χ1) is 9.88. The average molecular weight is 303 g/mol. The summed E-state index contributed by atoms with van der Waals surface area (Å²) in [5, 5.41) is 0. The van der Waals surface area contributed by atoms with Crippen molar-refractivity contribution in [3.05, 3.63) is 29.3 Å². The molecule has 1 aliphatic heterocycles. The highest BCUT2D eigenvalue weighted by atomic mass is 16.7. The number of hydrogen-bond acceptors (Lipinski definition) is 3. The maximum Gasteiger partial charge on any atom is 0.495 e. The predicted molar refractivity (Wildman–Crippen MR) is 89.1 cm³/mol. The highest BCUT2D eigenvalue weighted by Gasteiger charge is 2.52. The van der Waals surface area contributed by atoms with Crippen LogP contribution in [0.1, 0.15) is 52.7 Å². The van der Waals surface area contributed by atoms with E-state index in [0.29, 0.717) is 0 Å². The molecule has 1 fully saturated rings. The number of aryl methyl sites for hydroxylation is 1. The van der Waals surface area contributed by atoms with Crippen LogP contribution in [0.3, 0.4) is 0 Å². The molecule has 0 atom stereocenters. The molecule has 1 aromatic carbocycles. The van der Waals surface area contributed by atoms with Crippen molar-refractivity contribution in [3.63, 3.8) is 0 Å². The fourth-order valence-electron chi connectivity index (χ4n) is 2.40. The Kier molecular flexibility index (Phi) is 3.95. The topological polar surface area (TPSA) is 61.6 Å². The summed E-state index contributed by atoms with van der Waals surface area (Å²) in [6.45, 7) is 13.8. The van der Waals surface area contributed by atoms with Crippen molar-refractivity contribution < 1.29 is 14.1 Å². The molecule has 1 aliphatic rings. The van der Waals surface area contributed by atoms with E-state index < -0.39 is 12.5 Å². The maximum atomic E-state index is 11.7. The maximum absolute atomic E-state index is 11.7. The summed E-state index contributed by atoms with van der Waals surface area (Å²) in [7, 11) is -0.436. The Morgan fingerprint density at radius 3 is 2.09 bits per heavy atom. The Morgan fingerprint density at radius 2 is 1.64 bits per heavy atom. The summed E-state index contributed by atoms with van der Waals surface area (Å²) in [6.07, 6.45) is 0. The van der Waals surface area contributed by atoms with Gasteiger partial charge >= 0.3 is 7.12 Å². The van der Waals surface area contributed by atoms with Crippen molar-refractivity contribution in [1.82, 2.24) is 0 Å². The van der Waals surface area contributed by atoms with Crippen molar-refractivity contribution >= 4 is 18.5 Å². The molecule has 0 unspecified atom stereocenters. The van der Waals surface area contributed by atoms with Crippen LogP contribution >= 0.6 is 0 Å². The van der Waals surface area contributed by atoms with Gasteiger partial charge in [-0.25, -0.2) is 0 Å². The number of carbonyl (C=O) groups is 1. The van der Waals surface area contributed by atoms with Gasteiger partial charge in [-0.2, -0.15) is 0 Å². The number of primary amides is 1. The second kappa shape index (κ2) is 5.10. The quantitative estimate of drug-likeness (QED) is 0.869. The van der Waals surface area contributed by atoms with Crippen molar-refractivity contribution in [3.8, 4) is 0 Å². The molecule has 0 saturated carbocycles. The van der Waals surface area contributed by atoms with Crippen molar-refractivity contribution in [2.75, 3.05) is 0 Å². The number of amides is 1. The van der Waals surface area contributed by atoms with E-state index in [1.807, 2.05) is 66.7 Å². The molecule has 0 aliphatic carbocycles. The third-order valence-corrected chi connectivity index (χ3v) is 5.12. The number of carbonyl (C=O) groups excluding carboxylic acids is 1. The molecule has 22 heavy (non-hydrogen) atoms. The minimum atomic E-state index is -0.730. The lowest BCUT2D eigenvalue weighted by Crippen LogP contribution is -2.41. The number of hydrogen-bond donors (Lipinski definition) is 1. The molecule has 4 nitrogen and oxygen atoms in total. The summed E-state index contributed by atoms with van der Waals surface area (Å²) in [4.78, 5) is 11.7. The van der Waals surface area contributed by atoms with Crippen LogP contribution in [0.4, 0.5) is 0 Å². The highest BCUT2D eigenvalue weighted by molar-refractivity contribution is 6.62. The van der Waals surface area contributed by atoms with Crippen molar-refractivity contribution in [2.45, 2.75) is 65.1 Å². The molecule has 1 saturated heterocycles. The van der Waals surface area contributed by atoms with E-state index in [-0.39, 0.29) is 17.1 Å². The SMILES string of the molecule is Cc1ccc(C(C)(C)C(N)=O)cc1B1OC(C)(C)C(C)(C)O1. The zero-order valence-corrected chi connectivity index (χ0v) is 14.6. The van der Waals surface area contributed by atoms with E-state index in [9.17, 15) is 4.79 Å². The fraction of sp³-hybridized carbons (Fsp3) is 0.588. The Balaban J connectivity index is 2.44. The van der Waals surface area contributed by atoms with Crippen LogP contribution < -0.4 is 11.2 Å². The van der Waals surface area contributed by atoms with Gasteiger partial charge in [0, 0.05) is 0 Å². The largest absolute Gasteiger partial charge is 0.495 e. The summed E-state index contributed by atoms with van der Waals surface area (Å²) in [5.41, 5.74) is 6.91. The van der Waals surface area contributed by atoms with E-state index in [2.05, 4.69) is 0 Å². The highest BCUT2D eigenvalue weighted by Crippen LogP contribution is 2.37. The zero-order chi connectivity index (χ0) is 16.9. The minimum Gasteiger partial charge on any atom is -0.399 e. The molecule has 1 amide bonds. The average Bonchev–Trinajstić information content (AvgIpc) is 2.58. The van der Waals surface area contributed by atoms with Crippen LogP contribution in [-0.2, 0) is 19.5 Å². The molecular formula is C17H26BNO3. The number of benzene rings is 1. The van der Waals surface area contributed by atoms with Gasteiger partial charge in [-0.05, 0) is 59.5 Å². The fourth-order valence-corrected chi connectivity index (χ4v) is 2.40. The van der Waals surface area contributed by atoms with Gasteiger partial charge in [0.25, 0.3) is 0 Å². The van der Waals surface area contributed by atoms with E-state index in [1.165, 1.54) is 0 Å². The summed E-state index contributed by atoms with van der Waals surface area (Å²) in [6, 6.07) is 5.90. The lowest BCUT2D eigenvalue weighted by Gasteiger charge is -2.32. The predicted octanol–water partition coefficient (Wildman–Crippen LogP) is 2.06. The molecule has 0 bridgehead atoms. The summed E-state index contributed by atoms with van der Waals surface area (Å²) >= 11 is 0. The molecule has 5 heteroatoms. The van der Waals surface area contributed by atoms with E-state index >= 15 is 0 Å². The minimum absolute atomic E-state index is 0.351.